The Morgan fingerprint density at radius 2 is 1.08 bits per heavy atom. The third kappa shape index (κ3) is 2.08. The normalized spacial score (nSPS) is 34.9. The number of fused-ring (bicyclic) bond motifs is 10. The number of rotatable bonds is 0. The van der Waals surface area contributed by atoms with E-state index in [0.717, 1.165) is 0 Å². The van der Waals surface area contributed by atoms with Crippen LogP contribution in [0.2, 0.25) is 0 Å². The van der Waals surface area contributed by atoms with E-state index in [1.807, 2.05) is 0 Å². The molecule has 9 rings (SSSR count). The highest BCUT2D eigenvalue weighted by Gasteiger charge is 2.64. The maximum Gasteiger partial charge on any atom is 0.252 e. The smallest absolute Gasteiger partial charge is 0.252 e. The molecule has 0 saturated heterocycles. The van der Waals surface area contributed by atoms with Crippen LogP contribution in [0.3, 0.4) is 0 Å². The van der Waals surface area contributed by atoms with Crippen molar-refractivity contribution in [3.8, 4) is 0 Å². The molecule has 0 spiro atoms. The Labute approximate surface area is 228 Å². The molecule has 4 heterocycles. The Hall–Kier alpha value is -2.68. The minimum Gasteiger partial charge on any atom is -0.335 e. The third-order valence-electron chi connectivity index (χ3n) is 13.0. The second kappa shape index (κ2) is 6.54. The molecule has 0 aromatic heterocycles. The number of aryl methyl sites for hydroxylation is 1. The molecule has 0 N–H and O–H groups in total. The first-order valence-corrected chi connectivity index (χ1v) is 15.3. The van der Waals surface area contributed by atoms with Crippen LogP contribution in [-0.4, -0.2) is 17.8 Å². The Kier molecular flexibility index (Phi) is 3.82. The summed E-state index contributed by atoms with van der Waals surface area (Å²) in [6, 6.07) is 19.8. The fraction of sp³-hybridized carbons (Fsp3) is 0.486. The maximum atomic E-state index is 2.87. The van der Waals surface area contributed by atoms with Gasteiger partial charge in [-0.25, -0.2) is 0 Å². The SMILES string of the molecule is Cc1cc2c3c(c1)N1c4c(cccc4C4(C)CCCCC14C)B3c1cccc3c1N2C1(C)CCCCC31C. The fourth-order valence-electron chi connectivity index (χ4n) is 10.7. The number of para-hydroxylation sites is 2. The molecule has 2 aliphatic carbocycles. The summed E-state index contributed by atoms with van der Waals surface area (Å²) in [5.74, 6) is 0. The molecule has 192 valence electrons. The average molecular weight is 499 g/mol. The van der Waals surface area contributed by atoms with Gasteiger partial charge in [0, 0.05) is 33.6 Å². The van der Waals surface area contributed by atoms with Crippen molar-refractivity contribution in [2.24, 2.45) is 0 Å². The van der Waals surface area contributed by atoms with Gasteiger partial charge in [0.2, 0.25) is 0 Å². The molecular formula is C35H39BN2. The minimum absolute atomic E-state index is 0.118. The second-order valence-corrected chi connectivity index (χ2v) is 14.4. The van der Waals surface area contributed by atoms with Crippen molar-refractivity contribution in [3.63, 3.8) is 0 Å². The second-order valence-electron chi connectivity index (χ2n) is 14.4. The van der Waals surface area contributed by atoms with Gasteiger partial charge in [-0.3, -0.25) is 0 Å². The van der Waals surface area contributed by atoms with Crippen LogP contribution in [-0.2, 0) is 10.8 Å². The van der Waals surface area contributed by atoms with E-state index in [0.29, 0.717) is 6.71 Å². The molecule has 6 aliphatic rings. The molecule has 2 fully saturated rings. The zero-order valence-corrected chi connectivity index (χ0v) is 23.7. The van der Waals surface area contributed by atoms with Crippen molar-refractivity contribution < 1.29 is 0 Å². The number of anilines is 4. The van der Waals surface area contributed by atoms with Crippen molar-refractivity contribution in [1.82, 2.24) is 0 Å². The van der Waals surface area contributed by atoms with E-state index < -0.39 is 0 Å². The Morgan fingerprint density at radius 3 is 1.55 bits per heavy atom. The largest absolute Gasteiger partial charge is 0.335 e. The van der Waals surface area contributed by atoms with Gasteiger partial charge in [0.05, 0.1) is 11.1 Å². The van der Waals surface area contributed by atoms with Gasteiger partial charge in [0.1, 0.15) is 0 Å². The fourth-order valence-corrected chi connectivity index (χ4v) is 10.7. The van der Waals surface area contributed by atoms with Gasteiger partial charge in [0.25, 0.3) is 6.71 Å². The highest BCUT2D eigenvalue weighted by atomic mass is 15.3. The van der Waals surface area contributed by atoms with Crippen LogP contribution in [0.1, 0.15) is 95.8 Å². The van der Waals surface area contributed by atoms with E-state index in [4.69, 9.17) is 0 Å². The summed E-state index contributed by atoms with van der Waals surface area (Å²) in [5, 5.41) is 0. The summed E-state index contributed by atoms with van der Waals surface area (Å²) in [7, 11) is 0. The van der Waals surface area contributed by atoms with Crippen molar-refractivity contribution in [3.05, 3.63) is 65.2 Å². The summed E-state index contributed by atoms with van der Waals surface area (Å²) in [5.41, 5.74) is 16.0. The van der Waals surface area contributed by atoms with Crippen molar-refractivity contribution in [2.75, 3.05) is 9.80 Å². The molecule has 4 unspecified atom stereocenters. The molecule has 4 atom stereocenters. The summed E-state index contributed by atoms with van der Waals surface area (Å²) < 4.78 is 0. The van der Waals surface area contributed by atoms with Crippen LogP contribution in [0.25, 0.3) is 0 Å². The maximum absolute atomic E-state index is 2.87. The molecule has 0 amide bonds. The molecule has 3 aromatic rings. The van der Waals surface area contributed by atoms with Crippen LogP contribution < -0.4 is 26.2 Å². The first-order valence-electron chi connectivity index (χ1n) is 15.3. The van der Waals surface area contributed by atoms with Crippen LogP contribution in [0, 0.1) is 6.92 Å². The first-order chi connectivity index (χ1) is 18.2. The van der Waals surface area contributed by atoms with E-state index >= 15 is 0 Å². The van der Waals surface area contributed by atoms with Gasteiger partial charge in [0.15, 0.2) is 0 Å². The summed E-state index contributed by atoms with van der Waals surface area (Å²) in [6.07, 6.45) is 10.5. The predicted molar refractivity (Wildman–Crippen MR) is 161 cm³/mol. The summed E-state index contributed by atoms with van der Waals surface area (Å²) in [6.45, 7) is 13.0. The number of hydrogen-bond donors (Lipinski definition) is 0. The molecule has 2 nitrogen and oxygen atoms in total. The highest BCUT2D eigenvalue weighted by Crippen LogP contribution is 2.64. The number of hydrogen-bond acceptors (Lipinski definition) is 2. The van der Waals surface area contributed by atoms with Crippen molar-refractivity contribution in [1.29, 1.82) is 0 Å². The zero-order chi connectivity index (χ0) is 25.8. The molecule has 4 aliphatic heterocycles. The topological polar surface area (TPSA) is 6.48 Å². The lowest BCUT2D eigenvalue weighted by molar-refractivity contribution is 0.194. The van der Waals surface area contributed by atoms with Crippen LogP contribution in [0.4, 0.5) is 22.7 Å². The Bertz CT molecular complexity index is 1480. The average Bonchev–Trinajstić information content (AvgIpc) is 3.25. The lowest BCUT2D eigenvalue weighted by Gasteiger charge is -2.54. The lowest BCUT2D eigenvalue weighted by atomic mass is 9.33. The Balaban J connectivity index is 1.43. The molecular weight excluding hydrogens is 459 g/mol. The van der Waals surface area contributed by atoms with Gasteiger partial charge in [-0.2, -0.15) is 0 Å². The standard InChI is InChI=1S/C35H39BN2/c1-22-20-27-29-28(21-22)38-31-24(33(3)17-7-9-19-35(33,38)5)13-11-15-26(31)36(29)25-14-10-12-23-30(25)37(27)34(4)18-8-6-16-32(23,34)2/h10-15,20-21H,6-9,16-19H2,1-5H3. The Morgan fingerprint density at radius 1 is 0.632 bits per heavy atom. The van der Waals surface area contributed by atoms with E-state index in [1.54, 1.807) is 38.9 Å². The molecule has 0 radical (unpaired) electrons. The summed E-state index contributed by atoms with van der Waals surface area (Å²) >= 11 is 0. The van der Waals surface area contributed by atoms with E-state index in [2.05, 4.69) is 92.9 Å². The molecule has 0 bridgehead atoms. The molecule has 3 aromatic carbocycles. The van der Waals surface area contributed by atoms with Crippen LogP contribution in [0.5, 0.6) is 0 Å². The third-order valence-corrected chi connectivity index (χ3v) is 13.0. The van der Waals surface area contributed by atoms with E-state index in [-0.39, 0.29) is 21.9 Å². The summed E-state index contributed by atoms with van der Waals surface area (Å²) in [4.78, 5) is 5.74. The molecule has 3 heteroatoms. The molecule has 2 saturated carbocycles. The van der Waals surface area contributed by atoms with Gasteiger partial charge in [-0.05, 0) is 91.7 Å². The van der Waals surface area contributed by atoms with Gasteiger partial charge < -0.3 is 9.80 Å². The van der Waals surface area contributed by atoms with Crippen LogP contribution >= 0.6 is 0 Å². The number of nitrogens with zero attached hydrogens (tertiary/aromatic N) is 2. The van der Waals surface area contributed by atoms with E-state index in [9.17, 15) is 0 Å². The predicted octanol–water partition coefficient (Wildman–Crippen LogP) is 6.62. The van der Waals surface area contributed by atoms with Crippen LogP contribution in [0.15, 0.2) is 48.5 Å². The highest BCUT2D eigenvalue weighted by molar-refractivity contribution is 7.00. The quantitative estimate of drug-likeness (QED) is 0.322. The minimum atomic E-state index is 0.118. The monoisotopic (exact) mass is 498 g/mol. The van der Waals surface area contributed by atoms with Gasteiger partial charge in [-0.15, -0.1) is 0 Å². The van der Waals surface area contributed by atoms with Crippen molar-refractivity contribution in [2.45, 2.75) is 108 Å². The van der Waals surface area contributed by atoms with Gasteiger partial charge in [-0.1, -0.05) is 75.9 Å². The zero-order valence-electron chi connectivity index (χ0n) is 23.7. The number of benzene rings is 3. The van der Waals surface area contributed by atoms with Gasteiger partial charge >= 0.3 is 0 Å². The van der Waals surface area contributed by atoms with E-state index in [1.165, 1.54) is 68.3 Å². The molecule has 38 heavy (non-hydrogen) atoms. The lowest BCUT2D eigenvalue weighted by Crippen LogP contribution is -2.66. The first kappa shape index (κ1) is 22.2. The van der Waals surface area contributed by atoms with Crippen molar-refractivity contribution >= 4 is 45.9 Å².